The van der Waals surface area contributed by atoms with Gasteiger partial charge in [-0.1, -0.05) is 35.7 Å². The summed E-state index contributed by atoms with van der Waals surface area (Å²) in [7, 11) is 0. The van der Waals surface area contributed by atoms with E-state index in [1.165, 1.54) is 11.3 Å². The van der Waals surface area contributed by atoms with Gasteiger partial charge in [0, 0.05) is 37.1 Å². The van der Waals surface area contributed by atoms with Gasteiger partial charge in [-0.2, -0.15) is 0 Å². The molecule has 1 aromatic heterocycles. The Bertz CT molecular complexity index is 874. The van der Waals surface area contributed by atoms with Gasteiger partial charge in [-0.05, 0) is 31.5 Å². The van der Waals surface area contributed by atoms with E-state index in [9.17, 15) is 14.4 Å². The van der Waals surface area contributed by atoms with E-state index in [2.05, 4.69) is 5.92 Å². The first-order chi connectivity index (χ1) is 13.4. The first kappa shape index (κ1) is 21.6. The van der Waals surface area contributed by atoms with Crippen LogP contribution in [-0.4, -0.2) is 28.9 Å². The maximum absolute atomic E-state index is 12.5. The summed E-state index contributed by atoms with van der Waals surface area (Å²) in [6, 6.07) is 11.6. The van der Waals surface area contributed by atoms with Crippen LogP contribution in [0.1, 0.15) is 51.4 Å². The predicted octanol–water partition coefficient (Wildman–Crippen LogP) is 4.34. The zero-order valence-corrected chi connectivity index (χ0v) is 17.2. The molecule has 0 unspecified atom stereocenters. The normalized spacial score (nSPS) is 10.3. The molecule has 0 aliphatic heterocycles. The van der Waals surface area contributed by atoms with E-state index in [0.717, 1.165) is 16.0 Å². The van der Waals surface area contributed by atoms with E-state index in [-0.39, 0.29) is 49.7 Å². The van der Waals surface area contributed by atoms with Crippen molar-refractivity contribution in [3.63, 3.8) is 0 Å². The Morgan fingerprint density at radius 2 is 1.64 bits per heavy atom. The van der Waals surface area contributed by atoms with Gasteiger partial charge in [-0.3, -0.25) is 14.4 Å². The fourth-order valence-corrected chi connectivity index (χ4v) is 3.58. The minimum Gasteiger partial charge on any atom is -0.327 e. The number of terminal acetylenes is 1. The molecule has 1 amide bonds. The van der Waals surface area contributed by atoms with Gasteiger partial charge in [0.25, 0.3) is 0 Å². The molecule has 0 aliphatic rings. The number of carbonyl (C=O) groups excluding carboxylic acids is 3. The van der Waals surface area contributed by atoms with Crippen molar-refractivity contribution in [3.05, 3.63) is 57.3 Å². The number of rotatable bonds is 10. The Hall–Kier alpha value is -2.71. The Balaban J connectivity index is 1.80. The Morgan fingerprint density at radius 3 is 2.25 bits per heavy atom. The first-order valence-corrected chi connectivity index (χ1v) is 10.1. The molecule has 0 bridgehead atoms. The summed E-state index contributed by atoms with van der Waals surface area (Å²) in [6.45, 7) is 4.58. The lowest BCUT2D eigenvalue weighted by atomic mass is 10.1. The third kappa shape index (κ3) is 6.79. The molecule has 0 aliphatic carbocycles. The highest BCUT2D eigenvalue weighted by Crippen LogP contribution is 2.18. The van der Waals surface area contributed by atoms with Crippen LogP contribution in [0.2, 0.25) is 0 Å². The van der Waals surface area contributed by atoms with Crippen molar-refractivity contribution >= 4 is 28.8 Å². The fourth-order valence-electron chi connectivity index (χ4n) is 2.75. The third-order valence-corrected chi connectivity index (χ3v) is 5.43. The third-order valence-electron chi connectivity index (χ3n) is 4.39. The fraction of sp³-hybridized carbons (Fsp3) is 0.348. The van der Waals surface area contributed by atoms with E-state index in [4.69, 9.17) is 6.42 Å². The van der Waals surface area contributed by atoms with Crippen LogP contribution in [-0.2, 0) is 16.1 Å². The molecular formula is C23H25NO3S. The number of amides is 1. The number of thiophene rings is 1. The molecular weight excluding hydrogens is 370 g/mol. The van der Waals surface area contributed by atoms with E-state index in [1.54, 1.807) is 11.0 Å². The summed E-state index contributed by atoms with van der Waals surface area (Å²) in [4.78, 5) is 40.0. The van der Waals surface area contributed by atoms with Crippen molar-refractivity contribution in [2.45, 2.75) is 46.1 Å². The highest BCUT2D eigenvalue weighted by molar-refractivity contribution is 7.14. The van der Waals surface area contributed by atoms with Gasteiger partial charge in [0.1, 0.15) is 5.78 Å². The maximum Gasteiger partial charge on any atom is 0.224 e. The number of ketones is 2. The van der Waals surface area contributed by atoms with E-state index in [1.807, 2.05) is 44.2 Å². The largest absolute Gasteiger partial charge is 0.327 e. The molecule has 1 aromatic carbocycles. The SMILES string of the molecule is C#CCN(Cc1ccc(C)cc1)C(=O)CCC(=O)CCC(=O)c1ccc(C)s1. The van der Waals surface area contributed by atoms with Crippen molar-refractivity contribution in [1.82, 2.24) is 4.90 Å². The summed E-state index contributed by atoms with van der Waals surface area (Å²) in [6.07, 6.45) is 5.98. The minimum atomic E-state index is -0.146. The minimum absolute atomic E-state index is 0.0221. The van der Waals surface area contributed by atoms with Gasteiger partial charge >= 0.3 is 0 Å². The van der Waals surface area contributed by atoms with Crippen LogP contribution in [0.25, 0.3) is 0 Å². The van der Waals surface area contributed by atoms with Gasteiger partial charge in [-0.15, -0.1) is 17.8 Å². The molecule has 1 heterocycles. The average molecular weight is 396 g/mol. The molecule has 0 atom stereocenters. The lowest BCUT2D eigenvalue weighted by molar-refractivity contribution is -0.133. The zero-order valence-electron chi connectivity index (χ0n) is 16.4. The number of nitrogens with zero attached hydrogens (tertiary/aromatic N) is 1. The van der Waals surface area contributed by atoms with Crippen LogP contribution in [0.3, 0.4) is 0 Å². The Morgan fingerprint density at radius 1 is 0.964 bits per heavy atom. The average Bonchev–Trinajstić information content (AvgIpc) is 3.12. The monoisotopic (exact) mass is 395 g/mol. The second kappa shape index (κ2) is 10.6. The first-order valence-electron chi connectivity index (χ1n) is 9.27. The highest BCUT2D eigenvalue weighted by Gasteiger charge is 2.16. The number of hydrogen-bond acceptors (Lipinski definition) is 4. The zero-order chi connectivity index (χ0) is 20.5. The second-order valence-corrected chi connectivity index (χ2v) is 8.10. The van der Waals surface area contributed by atoms with Crippen molar-refractivity contribution < 1.29 is 14.4 Å². The summed E-state index contributed by atoms with van der Waals surface area (Å²) in [5.74, 6) is 2.26. The standard InChI is InChI=1S/C23H25NO3S/c1-4-15-24(16-19-8-5-17(2)6-9-19)23(27)14-11-20(25)10-12-21(26)22-13-7-18(3)28-22/h1,5-9,13H,10-12,14-16H2,2-3H3. The van der Waals surface area contributed by atoms with Crippen LogP contribution in [0.4, 0.5) is 0 Å². The van der Waals surface area contributed by atoms with E-state index in [0.29, 0.717) is 11.4 Å². The highest BCUT2D eigenvalue weighted by atomic mass is 32.1. The number of aryl methyl sites for hydroxylation is 2. The topological polar surface area (TPSA) is 54.5 Å². The number of Topliss-reactive ketones (excluding diaryl/α,β-unsaturated/α-hetero) is 2. The van der Waals surface area contributed by atoms with Crippen LogP contribution in [0.15, 0.2) is 36.4 Å². The summed E-state index contributed by atoms with van der Waals surface area (Å²) < 4.78 is 0. The summed E-state index contributed by atoms with van der Waals surface area (Å²) in [5, 5.41) is 0. The number of hydrogen-bond donors (Lipinski definition) is 0. The molecule has 0 fully saturated rings. The summed E-state index contributed by atoms with van der Waals surface area (Å²) >= 11 is 1.44. The molecule has 0 saturated carbocycles. The summed E-state index contributed by atoms with van der Waals surface area (Å²) in [5.41, 5.74) is 2.15. The molecule has 0 saturated heterocycles. The van der Waals surface area contributed by atoms with Gasteiger partial charge in [0.05, 0.1) is 11.4 Å². The molecule has 146 valence electrons. The van der Waals surface area contributed by atoms with Gasteiger partial charge in [0.2, 0.25) is 5.91 Å². The maximum atomic E-state index is 12.5. The molecule has 2 rings (SSSR count). The van der Waals surface area contributed by atoms with Crippen LogP contribution in [0, 0.1) is 26.2 Å². The van der Waals surface area contributed by atoms with Crippen molar-refractivity contribution in [3.8, 4) is 12.3 Å². The molecule has 0 N–H and O–H groups in total. The lowest BCUT2D eigenvalue weighted by Crippen LogP contribution is -2.31. The van der Waals surface area contributed by atoms with Crippen molar-refractivity contribution in [1.29, 1.82) is 0 Å². The van der Waals surface area contributed by atoms with E-state index >= 15 is 0 Å². The molecule has 2 aromatic rings. The van der Waals surface area contributed by atoms with E-state index < -0.39 is 0 Å². The Kier molecular flexibility index (Phi) is 8.16. The predicted molar refractivity (Wildman–Crippen MR) is 112 cm³/mol. The molecule has 28 heavy (non-hydrogen) atoms. The molecule has 5 heteroatoms. The van der Waals surface area contributed by atoms with Crippen LogP contribution >= 0.6 is 11.3 Å². The molecule has 4 nitrogen and oxygen atoms in total. The molecule has 0 radical (unpaired) electrons. The van der Waals surface area contributed by atoms with Gasteiger partial charge in [-0.25, -0.2) is 0 Å². The van der Waals surface area contributed by atoms with Gasteiger partial charge < -0.3 is 4.90 Å². The lowest BCUT2D eigenvalue weighted by Gasteiger charge is -2.20. The Labute approximate surface area is 170 Å². The van der Waals surface area contributed by atoms with Crippen LogP contribution in [0.5, 0.6) is 0 Å². The molecule has 0 spiro atoms. The van der Waals surface area contributed by atoms with Crippen LogP contribution < -0.4 is 0 Å². The van der Waals surface area contributed by atoms with Gasteiger partial charge in [0.15, 0.2) is 5.78 Å². The second-order valence-electron chi connectivity index (χ2n) is 6.81. The smallest absolute Gasteiger partial charge is 0.224 e. The van der Waals surface area contributed by atoms with Crippen molar-refractivity contribution in [2.75, 3.05) is 6.54 Å². The quantitative estimate of drug-likeness (QED) is 0.444. The number of benzene rings is 1. The van der Waals surface area contributed by atoms with Crippen molar-refractivity contribution in [2.24, 2.45) is 0 Å². The number of carbonyl (C=O) groups is 3.